The van der Waals surface area contributed by atoms with Crippen LogP contribution >= 0.6 is 23.8 Å². The lowest BCUT2D eigenvalue weighted by Crippen LogP contribution is -2.41. The second-order valence-corrected chi connectivity index (χ2v) is 10.9. The van der Waals surface area contributed by atoms with E-state index in [4.69, 9.17) is 23.8 Å². The number of halogens is 4. The van der Waals surface area contributed by atoms with Crippen LogP contribution < -0.4 is 15.5 Å². The number of hydrogen-bond donors (Lipinski definition) is 2. The molecule has 2 heterocycles. The fourth-order valence-electron chi connectivity index (χ4n) is 5.47. The molecule has 2 fully saturated rings. The van der Waals surface area contributed by atoms with E-state index < -0.39 is 11.9 Å². The van der Waals surface area contributed by atoms with E-state index in [0.29, 0.717) is 36.5 Å². The molecule has 0 spiro atoms. The number of hydrogen-bond acceptors (Lipinski definition) is 4. The van der Waals surface area contributed by atoms with Gasteiger partial charge in [0.15, 0.2) is 10.8 Å². The van der Waals surface area contributed by atoms with Gasteiger partial charge in [-0.05, 0) is 61.0 Å². The van der Waals surface area contributed by atoms with Crippen LogP contribution in [0.5, 0.6) is 0 Å². The molecule has 0 radical (unpaired) electrons. The first-order chi connectivity index (χ1) is 16.5. The molecule has 2 N–H and O–H groups in total. The molecule has 1 saturated carbocycles. The fraction of sp³-hybridized carbons (Fsp3) is 0.560. The number of benzene rings is 1. The van der Waals surface area contributed by atoms with Crippen molar-refractivity contribution < 1.29 is 13.2 Å². The highest BCUT2D eigenvalue weighted by Crippen LogP contribution is 2.41. The van der Waals surface area contributed by atoms with Gasteiger partial charge in [-0.1, -0.05) is 50.4 Å². The van der Waals surface area contributed by atoms with Crippen molar-refractivity contribution in [3.8, 4) is 0 Å². The fourth-order valence-corrected chi connectivity index (χ4v) is 5.75. The summed E-state index contributed by atoms with van der Waals surface area (Å²) in [5.74, 6) is 0.866. The molecule has 1 aliphatic carbocycles. The first-order valence-electron chi connectivity index (χ1n) is 12.1. The normalized spacial score (nSPS) is 22.2. The molecular formula is C25H31ClF3N5S. The van der Waals surface area contributed by atoms with Crippen molar-refractivity contribution in [1.29, 1.82) is 0 Å². The molecular weight excluding hydrogens is 495 g/mol. The third kappa shape index (κ3) is 6.36. The summed E-state index contributed by atoms with van der Waals surface area (Å²) in [6.07, 6.45) is 0.676. The zero-order valence-corrected chi connectivity index (χ0v) is 21.5. The third-order valence-electron chi connectivity index (χ3n) is 7.03. The van der Waals surface area contributed by atoms with Gasteiger partial charge in [-0.25, -0.2) is 4.98 Å². The van der Waals surface area contributed by atoms with Crippen molar-refractivity contribution in [1.82, 2.24) is 15.3 Å². The van der Waals surface area contributed by atoms with Gasteiger partial charge in [0, 0.05) is 36.1 Å². The van der Waals surface area contributed by atoms with E-state index in [1.165, 1.54) is 5.56 Å². The van der Waals surface area contributed by atoms with E-state index in [1.54, 1.807) is 0 Å². The summed E-state index contributed by atoms with van der Waals surface area (Å²) in [7, 11) is 0. The van der Waals surface area contributed by atoms with E-state index >= 15 is 0 Å². The summed E-state index contributed by atoms with van der Waals surface area (Å²) >= 11 is 11.5. The molecule has 5 nitrogen and oxygen atoms in total. The molecule has 1 aromatic carbocycles. The van der Waals surface area contributed by atoms with E-state index in [-0.39, 0.29) is 22.3 Å². The third-order valence-corrected chi connectivity index (χ3v) is 7.52. The molecule has 10 heteroatoms. The highest BCUT2D eigenvalue weighted by Gasteiger charge is 2.37. The van der Waals surface area contributed by atoms with Crippen molar-refractivity contribution in [2.45, 2.75) is 57.5 Å². The van der Waals surface area contributed by atoms with Crippen LogP contribution in [0, 0.1) is 11.8 Å². The Hall–Kier alpha value is -2.13. The highest BCUT2D eigenvalue weighted by atomic mass is 35.5. The van der Waals surface area contributed by atoms with Crippen LogP contribution in [-0.4, -0.2) is 34.7 Å². The minimum Gasteiger partial charge on any atom is -0.361 e. The Bertz CT molecular complexity index is 1030. The molecule has 0 bridgehead atoms. The lowest BCUT2D eigenvalue weighted by atomic mass is 9.79. The van der Waals surface area contributed by atoms with Gasteiger partial charge in [-0.3, -0.25) is 0 Å². The molecule has 2 aromatic rings. The van der Waals surface area contributed by atoms with Crippen LogP contribution in [0.4, 0.5) is 24.9 Å². The molecule has 190 valence electrons. The summed E-state index contributed by atoms with van der Waals surface area (Å²) in [6, 6.07) is 8.87. The molecule has 4 rings (SSSR count). The van der Waals surface area contributed by atoms with E-state index in [0.717, 1.165) is 38.2 Å². The van der Waals surface area contributed by atoms with Crippen LogP contribution in [-0.2, 0) is 11.6 Å². The molecule has 35 heavy (non-hydrogen) atoms. The monoisotopic (exact) mass is 525 g/mol. The van der Waals surface area contributed by atoms with E-state index in [2.05, 4.69) is 34.4 Å². The van der Waals surface area contributed by atoms with Gasteiger partial charge in [0.2, 0.25) is 5.95 Å². The molecule has 1 saturated heterocycles. The smallest absolute Gasteiger partial charge is 0.361 e. The number of thiocarbonyl (C=S) groups is 1. The van der Waals surface area contributed by atoms with E-state index in [9.17, 15) is 13.2 Å². The number of aromatic nitrogens is 2. The second kappa shape index (κ2) is 10.5. The maximum Gasteiger partial charge on any atom is 0.433 e. The Morgan fingerprint density at radius 3 is 2.34 bits per heavy atom. The Labute approximate surface area is 214 Å². The zero-order chi connectivity index (χ0) is 25.2. The van der Waals surface area contributed by atoms with Gasteiger partial charge in [0.05, 0.1) is 0 Å². The van der Waals surface area contributed by atoms with Gasteiger partial charge < -0.3 is 15.5 Å². The first kappa shape index (κ1) is 25.9. The first-order valence-corrected chi connectivity index (χ1v) is 12.8. The van der Waals surface area contributed by atoms with Crippen LogP contribution in [0.15, 0.2) is 30.3 Å². The lowest BCUT2D eigenvalue weighted by Gasteiger charge is -2.36. The summed E-state index contributed by atoms with van der Waals surface area (Å²) in [5, 5.41) is 6.91. The molecule has 2 atom stereocenters. The quantitative estimate of drug-likeness (QED) is 0.439. The predicted molar refractivity (Wildman–Crippen MR) is 138 cm³/mol. The van der Waals surface area contributed by atoms with Gasteiger partial charge in [0.25, 0.3) is 0 Å². The average Bonchev–Trinajstić information content (AvgIpc) is 3.27. The summed E-state index contributed by atoms with van der Waals surface area (Å²) in [4.78, 5) is 10.0. The lowest BCUT2D eigenvalue weighted by molar-refractivity contribution is -0.141. The van der Waals surface area contributed by atoms with E-state index in [1.807, 2.05) is 29.2 Å². The Morgan fingerprint density at radius 1 is 1.11 bits per heavy atom. The number of nitrogens with zero attached hydrogens (tertiary/aromatic N) is 3. The van der Waals surface area contributed by atoms with Crippen LogP contribution in [0.3, 0.4) is 0 Å². The van der Waals surface area contributed by atoms with Gasteiger partial charge in [0.1, 0.15) is 5.82 Å². The number of rotatable bonds is 5. The van der Waals surface area contributed by atoms with Gasteiger partial charge in [-0.2, -0.15) is 18.2 Å². The Morgan fingerprint density at radius 2 is 1.74 bits per heavy atom. The summed E-state index contributed by atoms with van der Waals surface area (Å²) in [5.41, 5.74) is 0.101. The average molecular weight is 526 g/mol. The largest absolute Gasteiger partial charge is 0.433 e. The Kier molecular flexibility index (Phi) is 7.76. The van der Waals surface area contributed by atoms with Crippen LogP contribution in [0.1, 0.15) is 57.2 Å². The number of anilines is 2. The molecule has 0 amide bonds. The van der Waals surface area contributed by atoms with Crippen molar-refractivity contribution in [2.75, 3.05) is 29.9 Å². The molecule has 0 unspecified atom stereocenters. The maximum atomic E-state index is 13.6. The molecule has 1 aliphatic heterocycles. The van der Waals surface area contributed by atoms with Crippen molar-refractivity contribution in [3.05, 3.63) is 46.6 Å². The summed E-state index contributed by atoms with van der Waals surface area (Å²) in [6.45, 7) is 6.08. The maximum absolute atomic E-state index is 13.6. The minimum absolute atomic E-state index is 0.101. The number of alkyl halides is 3. The van der Waals surface area contributed by atoms with Gasteiger partial charge in [-0.15, -0.1) is 0 Å². The Balaban J connectivity index is 1.50. The zero-order valence-electron chi connectivity index (χ0n) is 20.0. The molecule has 2 aliphatic rings. The number of piperidine rings is 1. The topological polar surface area (TPSA) is 53.1 Å². The number of nitrogens with one attached hydrogen (secondary N) is 2. The van der Waals surface area contributed by atoms with Gasteiger partial charge >= 0.3 is 6.18 Å². The second-order valence-electron chi connectivity index (χ2n) is 10.1. The SMILES string of the molecule is C[C@H]1C[C@H](C)CN(c2cc(C(F)(F)F)nc(NC(=S)NCC3(c4ccc(Cl)cc4)CCCC3)n2)C1. The van der Waals surface area contributed by atoms with Crippen molar-refractivity contribution in [3.63, 3.8) is 0 Å². The standard InChI is InChI=1S/C25H31ClF3N5S/c1-16-11-17(2)14-34(13-16)21-12-20(25(27,28)29)31-22(32-21)33-23(35)30-15-24(9-3-4-10-24)18-5-7-19(26)8-6-18/h5-8,12,16-17H,3-4,9-11,13-15H2,1-2H3,(H2,30,31,32,33,35)/t16-,17-/m0/s1. The minimum atomic E-state index is -4.58. The van der Waals surface area contributed by atoms with Crippen LogP contribution in [0.25, 0.3) is 0 Å². The van der Waals surface area contributed by atoms with Crippen LogP contribution in [0.2, 0.25) is 5.02 Å². The van der Waals surface area contributed by atoms with Crippen molar-refractivity contribution >= 4 is 40.7 Å². The predicted octanol–water partition coefficient (Wildman–Crippen LogP) is 6.43. The summed E-state index contributed by atoms with van der Waals surface area (Å²) < 4.78 is 40.9. The molecule has 1 aromatic heterocycles. The highest BCUT2D eigenvalue weighted by molar-refractivity contribution is 7.80. The van der Waals surface area contributed by atoms with Crippen molar-refractivity contribution in [2.24, 2.45) is 11.8 Å².